The first-order chi connectivity index (χ1) is 5.24. The first-order valence-electron chi connectivity index (χ1n) is 4.70. The molecule has 2 nitrogen and oxygen atoms in total. The monoisotopic (exact) mass is 154 g/mol. The number of likely N-dealkylation sites (tertiary alicyclic amines) is 1. The summed E-state index contributed by atoms with van der Waals surface area (Å²) in [6.45, 7) is 3.56. The second-order valence-corrected chi connectivity index (χ2v) is 4.15. The molecule has 2 fully saturated rings. The van der Waals surface area contributed by atoms with Crippen molar-refractivity contribution in [3.8, 4) is 0 Å². The fourth-order valence-corrected chi connectivity index (χ4v) is 3.00. The standard InChI is InChI=1S/C9H18N2/c1-3-8-9-6(4-7(9)10)5-11(8)2/h6-9H,3-5,10H2,1-2H3. The third-order valence-corrected chi connectivity index (χ3v) is 3.56. The molecule has 11 heavy (non-hydrogen) atoms. The van der Waals surface area contributed by atoms with Gasteiger partial charge in [-0.2, -0.15) is 0 Å². The van der Waals surface area contributed by atoms with Gasteiger partial charge in [0.05, 0.1) is 0 Å². The maximum atomic E-state index is 5.97. The lowest BCUT2D eigenvalue weighted by Crippen LogP contribution is -2.49. The summed E-state index contributed by atoms with van der Waals surface area (Å²) >= 11 is 0. The smallest absolute Gasteiger partial charge is 0.0136 e. The van der Waals surface area contributed by atoms with Gasteiger partial charge in [0.1, 0.15) is 0 Å². The van der Waals surface area contributed by atoms with Gasteiger partial charge in [-0.3, -0.25) is 0 Å². The van der Waals surface area contributed by atoms with Crippen molar-refractivity contribution in [2.75, 3.05) is 13.6 Å². The normalized spacial score (nSPS) is 50.5. The summed E-state index contributed by atoms with van der Waals surface area (Å²) in [5.74, 6) is 1.75. The summed E-state index contributed by atoms with van der Waals surface area (Å²) < 4.78 is 0. The molecule has 1 aliphatic carbocycles. The Balaban J connectivity index is 2.07. The van der Waals surface area contributed by atoms with Gasteiger partial charge in [0, 0.05) is 18.6 Å². The fraction of sp³-hybridized carbons (Fsp3) is 1.00. The molecule has 2 rings (SSSR count). The molecule has 2 N–H and O–H groups in total. The van der Waals surface area contributed by atoms with Crippen LogP contribution in [0, 0.1) is 11.8 Å². The minimum absolute atomic E-state index is 0.509. The highest BCUT2D eigenvalue weighted by atomic mass is 15.2. The lowest BCUT2D eigenvalue weighted by molar-refractivity contribution is 0.152. The predicted octanol–water partition coefficient (Wildman–Crippen LogP) is 0.674. The Kier molecular flexibility index (Phi) is 1.69. The number of hydrogen-bond acceptors (Lipinski definition) is 2. The Morgan fingerprint density at radius 1 is 1.55 bits per heavy atom. The molecular weight excluding hydrogens is 136 g/mol. The van der Waals surface area contributed by atoms with Crippen LogP contribution in [0.5, 0.6) is 0 Å². The Morgan fingerprint density at radius 2 is 2.27 bits per heavy atom. The molecule has 2 aliphatic rings. The molecular formula is C9H18N2. The number of rotatable bonds is 1. The van der Waals surface area contributed by atoms with E-state index in [9.17, 15) is 0 Å². The van der Waals surface area contributed by atoms with Crippen molar-refractivity contribution in [1.29, 1.82) is 0 Å². The van der Waals surface area contributed by atoms with Crippen molar-refractivity contribution >= 4 is 0 Å². The largest absolute Gasteiger partial charge is 0.327 e. The van der Waals surface area contributed by atoms with Crippen molar-refractivity contribution in [3.63, 3.8) is 0 Å². The molecule has 0 radical (unpaired) electrons. The number of hydrogen-bond donors (Lipinski definition) is 1. The summed E-state index contributed by atoms with van der Waals surface area (Å²) in [4.78, 5) is 2.49. The van der Waals surface area contributed by atoms with Gasteiger partial charge in [-0.15, -0.1) is 0 Å². The number of fused-ring (bicyclic) bond motifs is 1. The van der Waals surface area contributed by atoms with Crippen LogP contribution in [-0.2, 0) is 0 Å². The third kappa shape index (κ3) is 0.926. The zero-order chi connectivity index (χ0) is 8.01. The van der Waals surface area contributed by atoms with Crippen molar-refractivity contribution in [3.05, 3.63) is 0 Å². The van der Waals surface area contributed by atoms with Crippen molar-refractivity contribution in [2.24, 2.45) is 17.6 Å². The average molecular weight is 154 g/mol. The van der Waals surface area contributed by atoms with Crippen LogP contribution in [0.4, 0.5) is 0 Å². The van der Waals surface area contributed by atoms with E-state index >= 15 is 0 Å². The lowest BCUT2D eigenvalue weighted by atomic mass is 9.68. The minimum Gasteiger partial charge on any atom is -0.327 e. The molecule has 0 aromatic carbocycles. The Morgan fingerprint density at radius 3 is 2.73 bits per heavy atom. The van der Waals surface area contributed by atoms with Gasteiger partial charge in [-0.25, -0.2) is 0 Å². The molecule has 1 heterocycles. The van der Waals surface area contributed by atoms with Crippen LogP contribution in [0.25, 0.3) is 0 Å². The maximum Gasteiger partial charge on any atom is 0.0136 e. The van der Waals surface area contributed by atoms with Gasteiger partial charge < -0.3 is 10.6 Å². The van der Waals surface area contributed by atoms with E-state index in [1.165, 1.54) is 19.4 Å². The van der Waals surface area contributed by atoms with Crippen molar-refractivity contribution < 1.29 is 0 Å². The van der Waals surface area contributed by atoms with Gasteiger partial charge >= 0.3 is 0 Å². The molecule has 64 valence electrons. The Hall–Kier alpha value is -0.0800. The highest BCUT2D eigenvalue weighted by molar-refractivity contribution is 5.04. The molecule has 0 aromatic rings. The summed E-state index contributed by atoms with van der Waals surface area (Å²) in [6, 6.07) is 1.29. The van der Waals surface area contributed by atoms with E-state index in [-0.39, 0.29) is 0 Å². The predicted molar refractivity (Wildman–Crippen MR) is 46.3 cm³/mol. The van der Waals surface area contributed by atoms with Crippen LogP contribution in [0.1, 0.15) is 19.8 Å². The second kappa shape index (κ2) is 2.46. The number of nitrogens with two attached hydrogens (primary N) is 1. The van der Waals surface area contributed by atoms with Gasteiger partial charge in [0.2, 0.25) is 0 Å². The highest BCUT2D eigenvalue weighted by Crippen LogP contribution is 2.44. The molecule has 0 amide bonds. The molecule has 4 unspecified atom stereocenters. The maximum absolute atomic E-state index is 5.97. The molecule has 0 bridgehead atoms. The molecule has 2 heteroatoms. The van der Waals surface area contributed by atoms with Crippen LogP contribution >= 0.6 is 0 Å². The van der Waals surface area contributed by atoms with E-state index in [2.05, 4.69) is 18.9 Å². The van der Waals surface area contributed by atoms with Crippen molar-refractivity contribution in [2.45, 2.75) is 31.8 Å². The molecule has 0 spiro atoms. The molecule has 4 atom stereocenters. The third-order valence-electron chi connectivity index (χ3n) is 3.56. The zero-order valence-electron chi connectivity index (χ0n) is 7.46. The van der Waals surface area contributed by atoms with E-state index < -0.39 is 0 Å². The van der Waals surface area contributed by atoms with Crippen LogP contribution in [0.15, 0.2) is 0 Å². The number of nitrogens with zero attached hydrogens (tertiary/aromatic N) is 1. The molecule has 1 saturated heterocycles. The van der Waals surface area contributed by atoms with Gasteiger partial charge in [-0.05, 0) is 31.7 Å². The zero-order valence-corrected chi connectivity index (χ0v) is 7.46. The highest BCUT2D eigenvalue weighted by Gasteiger charge is 2.49. The summed E-state index contributed by atoms with van der Waals surface area (Å²) in [6.07, 6.45) is 2.54. The Bertz CT molecular complexity index is 154. The minimum atomic E-state index is 0.509. The molecule has 1 aliphatic heterocycles. The van der Waals surface area contributed by atoms with Crippen LogP contribution in [0.2, 0.25) is 0 Å². The van der Waals surface area contributed by atoms with E-state index in [0.29, 0.717) is 6.04 Å². The van der Waals surface area contributed by atoms with Crippen LogP contribution in [-0.4, -0.2) is 30.6 Å². The first-order valence-corrected chi connectivity index (χ1v) is 4.70. The van der Waals surface area contributed by atoms with E-state index in [1.807, 2.05) is 0 Å². The van der Waals surface area contributed by atoms with E-state index in [4.69, 9.17) is 5.73 Å². The SMILES string of the molecule is CCC1C2C(N)CC2CN1C. The van der Waals surface area contributed by atoms with E-state index in [1.54, 1.807) is 0 Å². The van der Waals surface area contributed by atoms with Crippen molar-refractivity contribution in [1.82, 2.24) is 4.90 Å². The quantitative estimate of drug-likeness (QED) is 0.601. The fourth-order valence-electron chi connectivity index (χ4n) is 3.00. The van der Waals surface area contributed by atoms with Crippen LogP contribution in [0.3, 0.4) is 0 Å². The summed E-state index contributed by atoms with van der Waals surface area (Å²) in [5.41, 5.74) is 5.97. The summed E-state index contributed by atoms with van der Waals surface area (Å²) in [7, 11) is 2.24. The first kappa shape index (κ1) is 7.56. The second-order valence-electron chi connectivity index (χ2n) is 4.15. The van der Waals surface area contributed by atoms with Gasteiger partial charge in [-0.1, -0.05) is 6.92 Å². The van der Waals surface area contributed by atoms with E-state index in [0.717, 1.165) is 17.9 Å². The van der Waals surface area contributed by atoms with Crippen LogP contribution < -0.4 is 5.73 Å². The van der Waals surface area contributed by atoms with Gasteiger partial charge in [0.25, 0.3) is 0 Å². The lowest BCUT2D eigenvalue weighted by Gasteiger charge is -2.40. The average Bonchev–Trinajstić information content (AvgIpc) is 2.22. The Labute approximate surface area is 68.7 Å². The molecule has 0 aromatic heterocycles. The topological polar surface area (TPSA) is 29.3 Å². The molecule has 1 saturated carbocycles. The van der Waals surface area contributed by atoms with Gasteiger partial charge in [0.15, 0.2) is 0 Å². The summed E-state index contributed by atoms with van der Waals surface area (Å²) in [5, 5.41) is 0.